The van der Waals surface area contributed by atoms with Gasteiger partial charge in [0.05, 0.1) is 7.11 Å². The van der Waals surface area contributed by atoms with Gasteiger partial charge in [-0.05, 0) is 49.9 Å². The molecule has 136 valence electrons. The number of rotatable bonds is 4. The third-order valence-corrected chi connectivity index (χ3v) is 5.92. The average Bonchev–Trinajstić information content (AvgIpc) is 3.16. The number of ether oxygens (including phenoxy) is 1. The zero-order chi connectivity index (χ0) is 18.1. The fourth-order valence-electron chi connectivity index (χ4n) is 4.51. The Balaban J connectivity index is 1.75. The zero-order valence-corrected chi connectivity index (χ0v) is 16.0. The van der Waals surface area contributed by atoms with Gasteiger partial charge in [0.2, 0.25) is 0 Å². The topological polar surface area (TPSA) is 28.3 Å². The fourth-order valence-corrected chi connectivity index (χ4v) is 4.51. The Labute approximate surface area is 156 Å². The maximum absolute atomic E-state index is 5.78. The molecule has 0 aliphatic carbocycles. The highest BCUT2D eigenvalue weighted by Crippen LogP contribution is 2.39. The van der Waals surface area contributed by atoms with Crippen molar-refractivity contribution in [2.75, 3.05) is 7.11 Å². The smallest absolute Gasteiger partial charge is 0.124 e. The number of methoxy groups -OCH3 is 1. The highest BCUT2D eigenvalue weighted by atomic mass is 16.5. The molecule has 1 saturated heterocycles. The van der Waals surface area contributed by atoms with Crippen molar-refractivity contribution >= 4 is 10.9 Å². The number of nitrogens with one attached hydrogen (secondary N) is 1. The minimum absolute atomic E-state index is 0.472. The molecule has 1 unspecified atom stereocenters. The van der Waals surface area contributed by atoms with Gasteiger partial charge in [-0.15, -0.1) is 0 Å². The summed E-state index contributed by atoms with van der Waals surface area (Å²) in [5, 5.41) is 1.28. The van der Waals surface area contributed by atoms with E-state index in [1.165, 1.54) is 46.9 Å². The molecule has 0 spiro atoms. The first-order chi connectivity index (χ1) is 12.7. The van der Waals surface area contributed by atoms with Gasteiger partial charge in [-0.3, -0.25) is 4.90 Å². The summed E-state index contributed by atoms with van der Waals surface area (Å²) in [5.74, 6) is 0.999. The van der Waals surface area contributed by atoms with Gasteiger partial charge in [0.1, 0.15) is 5.75 Å². The minimum atomic E-state index is 0.472. The van der Waals surface area contributed by atoms with Crippen molar-refractivity contribution in [1.29, 1.82) is 0 Å². The van der Waals surface area contributed by atoms with E-state index in [1.807, 2.05) is 6.20 Å². The van der Waals surface area contributed by atoms with E-state index in [2.05, 4.69) is 66.2 Å². The molecule has 0 bridgehead atoms. The van der Waals surface area contributed by atoms with Crippen LogP contribution in [-0.2, 0) is 6.54 Å². The summed E-state index contributed by atoms with van der Waals surface area (Å²) in [6, 6.07) is 16.3. The molecular formula is C23H28N2O. The lowest BCUT2D eigenvalue weighted by atomic mass is 9.90. The molecule has 2 aromatic carbocycles. The highest BCUT2D eigenvalue weighted by Gasteiger charge is 2.30. The molecule has 0 radical (unpaired) electrons. The third-order valence-electron chi connectivity index (χ3n) is 5.92. The van der Waals surface area contributed by atoms with Crippen LogP contribution in [0.1, 0.15) is 48.9 Å². The summed E-state index contributed by atoms with van der Waals surface area (Å²) in [5.41, 5.74) is 5.18. The van der Waals surface area contributed by atoms with Crippen molar-refractivity contribution in [3.05, 3.63) is 65.4 Å². The molecule has 2 atom stereocenters. The summed E-state index contributed by atoms with van der Waals surface area (Å²) < 4.78 is 5.78. The van der Waals surface area contributed by atoms with Crippen LogP contribution in [0.25, 0.3) is 10.9 Å². The third kappa shape index (κ3) is 3.01. The largest absolute Gasteiger partial charge is 0.496 e. The minimum Gasteiger partial charge on any atom is -0.496 e. The van der Waals surface area contributed by atoms with E-state index in [-0.39, 0.29) is 0 Å². The molecule has 3 heteroatoms. The van der Waals surface area contributed by atoms with Crippen LogP contribution in [0, 0.1) is 6.92 Å². The second-order valence-corrected chi connectivity index (χ2v) is 7.52. The van der Waals surface area contributed by atoms with Crippen LogP contribution in [-0.4, -0.2) is 23.0 Å². The van der Waals surface area contributed by atoms with Crippen LogP contribution in [0.2, 0.25) is 0 Å². The van der Waals surface area contributed by atoms with E-state index in [0.29, 0.717) is 12.1 Å². The lowest BCUT2D eigenvalue weighted by Gasteiger charge is -2.41. The van der Waals surface area contributed by atoms with Crippen LogP contribution >= 0.6 is 0 Å². The van der Waals surface area contributed by atoms with E-state index in [4.69, 9.17) is 4.74 Å². The van der Waals surface area contributed by atoms with Gasteiger partial charge in [-0.2, -0.15) is 0 Å². The molecule has 2 heterocycles. The molecule has 4 rings (SSSR count). The van der Waals surface area contributed by atoms with Crippen LogP contribution in [0.3, 0.4) is 0 Å². The van der Waals surface area contributed by atoms with E-state index in [0.717, 1.165) is 12.3 Å². The van der Waals surface area contributed by atoms with Crippen molar-refractivity contribution < 1.29 is 4.74 Å². The van der Waals surface area contributed by atoms with Gasteiger partial charge in [0.25, 0.3) is 0 Å². The molecule has 0 saturated carbocycles. The molecule has 1 aliphatic heterocycles. The summed E-state index contributed by atoms with van der Waals surface area (Å²) in [6.45, 7) is 5.42. The molecule has 1 aliphatic rings. The number of hydrogen-bond donors (Lipinski definition) is 1. The van der Waals surface area contributed by atoms with Gasteiger partial charge in [-0.1, -0.05) is 36.8 Å². The number of H-pyrrole nitrogens is 1. The first-order valence-corrected chi connectivity index (χ1v) is 9.63. The maximum Gasteiger partial charge on any atom is 0.124 e. The normalized spacial score (nSPS) is 21.2. The van der Waals surface area contributed by atoms with Crippen molar-refractivity contribution in [3.63, 3.8) is 0 Å². The highest BCUT2D eigenvalue weighted by molar-refractivity contribution is 5.88. The van der Waals surface area contributed by atoms with Gasteiger partial charge in [-0.25, -0.2) is 0 Å². The number of aromatic amines is 1. The molecule has 3 nitrogen and oxygen atoms in total. The van der Waals surface area contributed by atoms with Gasteiger partial charge < -0.3 is 9.72 Å². The molecule has 0 amide bonds. The van der Waals surface area contributed by atoms with Crippen LogP contribution in [0.5, 0.6) is 5.75 Å². The molecule has 1 aromatic heterocycles. The van der Waals surface area contributed by atoms with E-state index < -0.39 is 0 Å². The Morgan fingerprint density at radius 2 is 1.96 bits per heavy atom. The lowest BCUT2D eigenvalue weighted by molar-refractivity contribution is 0.0839. The maximum atomic E-state index is 5.78. The Morgan fingerprint density at radius 3 is 2.73 bits per heavy atom. The van der Waals surface area contributed by atoms with Gasteiger partial charge in [0.15, 0.2) is 0 Å². The summed E-state index contributed by atoms with van der Waals surface area (Å²) in [7, 11) is 1.78. The van der Waals surface area contributed by atoms with Crippen LogP contribution in [0.15, 0.2) is 48.7 Å². The first kappa shape index (κ1) is 17.2. The van der Waals surface area contributed by atoms with Crippen molar-refractivity contribution in [3.8, 4) is 5.75 Å². The van der Waals surface area contributed by atoms with Crippen molar-refractivity contribution in [1.82, 2.24) is 9.88 Å². The lowest BCUT2D eigenvalue weighted by Crippen LogP contribution is -2.39. The Hall–Kier alpha value is -2.26. The predicted octanol–water partition coefficient (Wildman–Crippen LogP) is 5.60. The fraction of sp³-hybridized carbons (Fsp3) is 0.391. The standard InChI is InChI=1S/C23H28N2O/c1-16-14-22(26-3)20(19-12-13-24-23(16)19)15-25-17(2)8-7-11-21(25)18-9-5-4-6-10-18/h4-6,9-10,12-14,17,21,24H,7-8,11,15H2,1-3H3/t17-,21?/m0/s1. The molecule has 26 heavy (non-hydrogen) atoms. The van der Waals surface area contributed by atoms with E-state index >= 15 is 0 Å². The Morgan fingerprint density at radius 1 is 1.15 bits per heavy atom. The first-order valence-electron chi connectivity index (χ1n) is 9.63. The van der Waals surface area contributed by atoms with Crippen molar-refractivity contribution in [2.24, 2.45) is 0 Å². The Kier molecular flexibility index (Phi) is 4.73. The number of nitrogens with zero attached hydrogens (tertiary/aromatic N) is 1. The number of fused-ring (bicyclic) bond motifs is 1. The zero-order valence-electron chi connectivity index (χ0n) is 16.0. The second kappa shape index (κ2) is 7.16. The van der Waals surface area contributed by atoms with Gasteiger partial charge >= 0.3 is 0 Å². The summed E-state index contributed by atoms with van der Waals surface area (Å²) in [6.07, 6.45) is 5.81. The SMILES string of the molecule is COc1cc(C)c2[nH]ccc2c1CN1C(c2ccccc2)CCC[C@@H]1C. The molecule has 3 aromatic rings. The summed E-state index contributed by atoms with van der Waals surface area (Å²) >= 11 is 0. The van der Waals surface area contributed by atoms with E-state index in [1.54, 1.807) is 7.11 Å². The number of piperidine rings is 1. The van der Waals surface area contributed by atoms with Crippen LogP contribution in [0.4, 0.5) is 0 Å². The van der Waals surface area contributed by atoms with Gasteiger partial charge in [0, 0.05) is 41.3 Å². The number of likely N-dealkylation sites (tertiary alicyclic amines) is 1. The average molecular weight is 348 g/mol. The number of benzene rings is 2. The number of aromatic nitrogens is 1. The molecular weight excluding hydrogens is 320 g/mol. The Bertz CT molecular complexity index is 884. The van der Waals surface area contributed by atoms with E-state index in [9.17, 15) is 0 Å². The van der Waals surface area contributed by atoms with Crippen LogP contribution < -0.4 is 4.74 Å². The second-order valence-electron chi connectivity index (χ2n) is 7.52. The monoisotopic (exact) mass is 348 g/mol. The number of hydrogen-bond acceptors (Lipinski definition) is 2. The predicted molar refractivity (Wildman–Crippen MR) is 108 cm³/mol. The van der Waals surface area contributed by atoms with Crippen molar-refractivity contribution in [2.45, 2.75) is 51.7 Å². The number of aryl methyl sites for hydroxylation is 1. The molecule has 1 fully saturated rings. The quantitative estimate of drug-likeness (QED) is 0.664. The molecule has 1 N–H and O–H groups in total. The summed E-state index contributed by atoms with van der Waals surface area (Å²) in [4.78, 5) is 6.06.